The third-order valence-corrected chi connectivity index (χ3v) is 3.94. The number of methoxy groups -OCH3 is 1. The van der Waals surface area contributed by atoms with E-state index in [-0.39, 0.29) is 11.3 Å². The molecule has 6 nitrogen and oxygen atoms in total. The number of nitrogens with one attached hydrogen (secondary N) is 2. The number of hydrogen-bond donors (Lipinski definition) is 2. The van der Waals surface area contributed by atoms with Crippen molar-refractivity contribution >= 4 is 17.5 Å². The van der Waals surface area contributed by atoms with Crippen molar-refractivity contribution in [1.82, 2.24) is 10.3 Å². The number of carbonyl (C=O) groups excluding carboxylic acids is 2. The summed E-state index contributed by atoms with van der Waals surface area (Å²) in [4.78, 5) is 28.1. The second-order valence-electron chi connectivity index (χ2n) is 6.45. The normalized spacial score (nSPS) is 10.9. The van der Waals surface area contributed by atoms with Crippen LogP contribution in [0.1, 0.15) is 25.0 Å². The smallest absolute Gasteiger partial charge is 0.313 e. The van der Waals surface area contributed by atoms with Crippen LogP contribution in [0.5, 0.6) is 5.88 Å². The first-order valence-electron chi connectivity index (χ1n) is 7.99. The second kappa shape index (κ2) is 7.79. The Labute approximate surface area is 147 Å². The lowest BCUT2D eigenvalue weighted by Crippen LogP contribution is -2.42. The monoisotopic (exact) mass is 341 g/mol. The zero-order valence-electron chi connectivity index (χ0n) is 14.9. The summed E-state index contributed by atoms with van der Waals surface area (Å²) in [6.45, 7) is 6.39. The molecule has 0 saturated carbocycles. The molecule has 0 aliphatic rings. The number of rotatable bonds is 5. The number of carbonyl (C=O) groups is 2. The maximum atomic E-state index is 12.1. The maximum Gasteiger partial charge on any atom is 0.313 e. The zero-order chi connectivity index (χ0) is 18.4. The first-order chi connectivity index (χ1) is 11.8. The van der Waals surface area contributed by atoms with Gasteiger partial charge in [-0.25, -0.2) is 4.98 Å². The van der Waals surface area contributed by atoms with Gasteiger partial charge in [0.1, 0.15) is 5.69 Å². The Morgan fingerprint density at radius 2 is 1.80 bits per heavy atom. The minimum atomic E-state index is -0.758. The molecule has 2 rings (SSSR count). The third kappa shape index (κ3) is 4.79. The van der Waals surface area contributed by atoms with Crippen molar-refractivity contribution in [3.8, 4) is 5.88 Å². The number of aromatic nitrogens is 1. The molecule has 25 heavy (non-hydrogen) atoms. The summed E-state index contributed by atoms with van der Waals surface area (Å²) in [6.07, 6.45) is 1.54. The van der Waals surface area contributed by atoms with E-state index < -0.39 is 11.8 Å². The molecule has 1 heterocycles. The molecule has 0 unspecified atom stereocenters. The van der Waals surface area contributed by atoms with E-state index in [4.69, 9.17) is 4.74 Å². The number of aryl methyl sites for hydroxylation is 1. The molecule has 0 bridgehead atoms. The number of nitrogens with zero attached hydrogens (tertiary/aromatic N) is 1. The molecule has 0 fully saturated rings. The predicted molar refractivity (Wildman–Crippen MR) is 96.6 cm³/mol. The topological polar surface area (TPSA) is 80.3 Å². The second-order valence-corrected chi connectivity index (χ2v) is 6.45. The standard InChI is InChI=1S/C19H23N3O3/c1-13-7-9-14(10-8-13)19(2,3)12-21-16(23)17(24)22-15-6-5-11-20-18(15)25-4/h5-11H,12H2,1-4H3,(H,21,23)(H,22,24). The van der Waals surface area contributed by atoms with E-state index in [0.29, 0.717) is 12.2 Å². The van der Waals surface area contributed by atoms with Gasteiger partial charge in [-0.15, -0.1) is 0 Å². The summed E-state index contributed by atoms with van der Waals surface area (Å²) in [5, 5.41) is 5.19. The Morgan fingerprint density at radius 3 is 2.44 bits per heavy atom. The lowest BCUT2D eigenvalue weighted by Gasteiger charge is -2.25. The van der Waals surface area contributed by atoms with Crippen LogP contribution in [0.2, 0.25) is 0 Å². The Morgan fingerprint density at radius 1 is 1.12 bits per heavy atom. The highest BCUT2D eigenvalue weighted by atomic mass is 16.5. The van der Waals surface area contributed by atoms with Crippen LogP contribution in [0.25, 0.3) is 0 Å². The molecule has 2 aromatic rings. The fourth-order valence-corrected chi connectivity index (χ4v) is 2.32. The van der Waals surface area contributed by atoms with E-state index in [1.807, 2.05) is 45.0 Å². The van der Waals surface area contributed by atoms with E-state index in [9.17, 15) is 9.59 Å². The van der Waals surface area contributed by atoms with Gasteiger partial charge in [0.25, 0.3) is 0 Å². The average molecular weight is 341 g/mol. The molecule has 0 atom stereocenters. The molecule has 0 aliphatic carbocycles. The first-order valence-corrected chi connectivity index (χ1v) is 7.99. The van der Waals surface area contributed by atoms with Gasteiger partial charge >= 0.3 is 11.8 Å². The van der Waals surface area contributed by atoms with Crippen molar-refractivity contribution in [1.29, 1.82) is 0 Å². The van der Waals surface area contributed by atoms with Gasteiger partial charge in [0, 0.05) is 18.2 Å². The minimum Gasteiger partial charge on any atom is -0.480 e. The Balaban J connectivity index is 1.97. The van der Waals surface area contributed by atoms with E-state index in [2.05, 4.69) is 15.6 Å². The number of ether oxygens (including phenoxy) is 1. The first kappa shape index (κ1) is 18.4. The van der Waals surface area contributed by atoms with Gasteiger partial charge < -0.3 is 15.4 Å². The molecule has 0 saturated heterocycles. The van der Waals surface area contributed by atoms with E-state index in [0.717, 1.165) is 5.56 Å². The number of pyridine rings is 1. The molecule has 132 valence electrons. The zero-order valence-corrected chi connectivity index (χ0v) is 14.9. The molecule has 6 heteroatoms. The highest BCUT2D eigenvalue weighted by Gasteiger charge is 2.23. The van der Waals surface area contributed by atoms with Crippen molar-refractivity contribution < 1.29 is 14.3 Å². The molecular weight excluding hydrogens is 318 g/mol. The predicted octanol–water partition coefficient (Wildman–Crippen LogP) is 2.43. The Hall–Kier alpha value is -2.89. The molecule has 0 spiro atoms. The van der Waals surface area contributed by atoms with Crippen molar-refractivity contribution in [3.63, 3.8) is 0 Å². The average Bonchev–Trinajstić information content (AvgIpc) is 2.60. The quantitative estimate of drug-likeness (QED) is 0.819. The van der Waals surface area contributed by atoms with Crippen LogP contribution in [0.4, 0.5) is 5.69 Å². The maximum absolute atomic E-state index is 12.1. The molecule has 2 N–H and O–H groups in total. The van der Waals surface area contributed by atoms with E-state index in [1.165, 1.54) is 12.7 Å². The molecular formula is C19H23N3O3. The minimum absolute atomic E-state index is 0.253. The molecule has 2 amide bonds. The Kier molecular flexibility index (Phi) is 5.75. The van der Waals surface area contributed by atoms with Crippen LogP contribution in [0, 0.1) is 6.92 Å². The summed E-state index contributed by atoms with van der Waals surface area (Å²) < 4.78 is 5.05. The number of anilines is 1. The van der Waals surface area contributed by atoms with Gasteiger partial charge in [-0.1, -0.05) is 43.7 Å². The number of amides is 2. The summed E-state index contributed by atoms with van der Waals surface area (Å²) in [7, 11) is 1.45. The van der Waals surface area contributed by atoms with Crippen LogP contribution in [0.3, 0.4) is 0 Å². The van der Waals surface area contributed by atoms with Gasteiger partial charge in [-0.3, -0.25) is 9.59 Å². The number of hydrogen-bond acceptors (Lipinski definition) is 4. The van der Waals surface area contributed by atoms with Crippen molar-refractivity contribution in [2.75, 3.05) is 19.0 Å². The van der Waals surface area contributed by atoms with Crippen LogP contribution in [-0.2, 0) is 15.0 Å². The fourth-order valence-electron chi connectivity index (χ4n) is 2.32. The van der Waals surface area contributed by atoms with Crippen molar-refractivity contribution in [3.05, 3.63) is 53.7 Å². The van der Waals surface area contributed by atoms with Crippen LogP contribution >= 0.6 is 0 Å². The summed E-state index contributed by atoms with van der Waals surface area (Å²) in [5.41, 5.74) is 2.32. The number of benzene rings is 1. The van der Waals surface area contributed by atoms with Gasteiger partial charge in [-0.05, 0) is 24.6 Å². The molecule has 0 radical (unpaired) electrons. The Bertz CT molecular complexity index is 755. The molecule has 1 aromatic carbocycles. The highest BCUT2D eigenvalue weighted by molar-refractivity contribution is 6.39. The molecule has 1 aromatic heterocycles. The van der Waals surface area contributed by atoms with Gasteiger partial charge in [0.15, 0.2) is 0 Å². The summed E-state index contributed by atoms with van der Waals surface area (Å²) in [5.74, 6) is -1.21. The van der Waals surface area contributed by atoms with Crippen LogP contribution < -0.4 is 15.4 Å². The van der Waals surface area contributed by atoms with E-state index >= 15 is 0 Å². The van der Waals surface area contributed by atoms with E-state index in [1.54, 1.807) is 18.3 Å². The summed E-state index contributed by atoms with van der Waals surface area (Å²) in [6, 6.07) is 11.4. The van der Waals surface area contributed by atoms with Crippen molar-refractivity contribution in [2.24, 2.45) is 0 Å². The van der Waals surface area contributed by atoms with Gasteiger partial charge in [0.05, 0.1) is 7.11 Å². The lowest BCUT2D eigenvalue weighted by atomic mass is 9.84. The summed E-state index contributed by atoms with van der Waals surface area (Å²) >= 11 is 0. The largest absolute Gasteiger partial charge is 0.480 e. The third-order valence-electron chi connectivity index (χ3n) is 3.94. The SMILES string of the molecule is COc1ncccc1NC(=O)C(=O)NCC(C)(C)c1ccc(C)cc1. The van der Waals surface area contributed by atoms with Crippen LogP contribution in [-0.4, -0.2) is 30.5 Å². The van der Waals surface area contributed by atoms with Gasteiger partial charge in [0.2, 0.25) is 5.88 Å². The van der Waals surface area contributed by atoms with Crippen molar-refractivity contribution in [2.45, 2.75) is 26.2 Å². The van der Waals surface area contributed by atoms with Gasteiger partial charge in [-0.2, -0.15) is 0 Å². The lowest BCUT2D eigenvalue weighted by molar-refractivity contribution is -0.136. The fraction of sp³-hybridized carbons (Fsp3) is 0.316. The molecule has 0 aliphatic heterocycles. The van der Waals surface area contributed by atoms with Crippen LogP contribution in [0.15, 0.2) is 42.6 Å². The highest BCUT2D eigenvalue weighted by Crippen LogP contribution is 2.23.